The summed E-state index contributed by atoms with van der Waals surface area (Å²) < 4.78 is 0. The predicted molar refractivity (Wildman–Crippen MR) is 87.6 cm³/mol. The van der Waals surface area contributed by atoms with Crippen molar-refractivity contribution in [3.05, 3.63) is 28.8 Å². The zero-order valence-electron chi connectivity index (χ0n) is 13.2. The molecule has 0 atom stereocenters. The Labute approximate surface area is 122 Å². The van der Waals surface area contributed by atoms with E-state index < -0.39 is 0 Å². The third-order valence-corrected chi connectivity index (χ3v) is 3.82. The number of nitrogens with zero attached hydrogens (tertiary/aromatic N) is 1. The topological polar surface area (TPSA) is 36.4 Å². The van der Waals surface area contributed by atoms with Crippen molar-refractivity contribution in [1.29, 1.82) is 0 Å². The van der Waals surface area contributed by atoms with Crippen LogP contribution in [0.5, 0.6) is 0 Å². The molecule has 0 aliphatic carbocycles. The van der Waals surface area contributed by atoms with Gasteiger partial charge in [0.1, 0.15) is 0 Å². The average molecular weight is 273 g/mol. The maximum absolute atomic E-state index is 4.47. The SMILES string of the molecule is Cc1cc(NC2=NCCCN2)c(C)cc1CCC(C)C. The van der Waals surface area contributed by atoms with Crippen LogP contribution in [0.25, 0.3) is 0 Å². The lowest BCUT2D eigenvalue weighted by molar-refractivity contribution is 0.585. The molecule has 0 saturated heterocycles. The van der Waals surface area contributed by atoms with Crippen molar-refractivity contribution in [1.82, 2.24) is 5.32 Å². The highest BCUT2D eigenvalue weighted by Gasteiger charge is 2.09. The van der Waals surface area contributed by atoms with Crippen molar-refractivity contribution in [3.63, 3.8) is 0 Å². The van der Waals surface area contributed by atoms with Gasteiger partial charge in [0.05, 0.1) is 0 Å². The van der Waals surface area contributed by atoms with Gasteiger partial charge in [0, 0.05) is 18.8 Å². The highest BCUT2D eigenvalue weighted by atomic mass is 15.2. The molecule has 2 rings (SSSR count). The minimum absolute atomic E-state index is 0.758. The summed E-state index contributed by atoms with van der Waals surface area (Å²) in [6, 6.07) is 4.58. The second-order valence-corrected chi connectivity index (χ2v) is 6.16. The fraction of sp³-hybridized carbons (Fsp3) is 0.588. The van der Waals surface area contributed by atoms with Gasteiger partial charge in [-0.1, -0.05) is 19.9 Å². The minimum atomic E-state index is 0.758. The number of hydrogen-bond donors (Lipinski definition) is 2. The minimum Gasteiger partial charge on any atom is -0.356 e. The Morgan fingerprint density at radius 2 is 2.05 bits per heavy atom. The summed E-state index contributed by atoms with van der Waals surface area (Å²) in [4.78, 5) is 4.47. The van der Waals surface area contributed by atoms with Gasteiger partial charge in [0.25, 0.3) is 0 Å². The Morgan fingerprint density at radius 3 is 2.70 bits per heavy atom. The average Bonchev–Trinajstić information content (AvgIpc) is 2.42. The lowest BCUT2D eigenvalue weighted by atomic mass is 9.96. The second kappa shape index (κ2) is 6.78. The molecule has 2 N–H and O–H groups in total. The molecule has 1 aromatic rings. The van der Waals surface area contributed by atoms with Crippen LogP contribution >= 0.6 is 0 Å². The molecular weight excluding hydrogens is 246 g/mol. The summed E-state index contributed by atoms with van der Waals surface area (Å²) in [6.07, 6.45) is 3.54. The molecule has 1 aliphatic heterocycles. The van der Waals surface area contributed by atoms with Crippen LogP contribution < -0.4 is 10.6 Å². The van der Waals surface area contributed by atoms with Crippen LogP contribution in [0.3, 0.4) is 0 Å². The van der Waals surface area contributed by atoms with Gasteiger partial charge >= 0.3 is 0 Å². The summed E-state index contributed by atoms with van der Waals surface area (Å²) >= 11 is 0. The van der Waals surface area contributed by atoms with Crippen LogP contribution in [0.1, 0.15) is 43.4 Å². The second-order valence-electron chi connectivity index (χ2n) is 6.16. The number of benzene rings is 1. The monoisotopic (exact) mass is 273 g/mol. The zero-order valence-corrected chi connectivity index (χ0v) is 13.2. The Hall–Kier alpha value is -1.51. The lowest BCUT2D eigenvalue weighted by Crippen LogP contribution is -2.35. The quantitative estimate of drug-likeness (QED) is 0.878. The molecule has 0 saturated carbocycles. The van der Waals surface area contributed by atoms with Crippen molar-refractivity contribution in [2.75, 3.05) is 18.4 Å². The smallest absolute Gasteiger partial charge is 0.195 e. The summed E-state index contributed by atoms with van der Waals surface area (Å²) in [5, 5.41) is 6.73. The van der Waals surface area contributed by atoms with E-state index in [0.717, 1.165) is 31.4 Å². The number of aryl methyl sites for hydroxylation is 3. The first-order valence-electron chi connectivity index (χ1n) is 7.71. The van der Waals surface area contributed by atoms with Gasteiger partial charge in [0.15, 0.2) is 5.96 Å². The van der Waals surface area contributed by atoms with Crippen molar-refractivity contribution < 1.29 is 0 Å². The Morgan fingerprint density at radius 1 is 1.25 bits per heavy atom. The van der Waals surface area contributed by atoms with Crippen molar-refractivity contribution >= 4 is 11.6 Å². The summed E-state index contributed by atoms with van der Waals surface area (Å²) in [6.45, 7) is 10.9. The number of hydrogen-bond acceptors (Lipinski definition) is 3. The van der Waals surface area contributed by atoms with Crippen LogP contribution in [0, 0.1) is 19.8 Å². The van der Waals surface area contributed by atoms with Crippen LogP contribution in [-0.4, -0.2) is 19.0 Å². The van der Waals surface area contributed by atoms with Gasteiger partial charge in [-0.15, -0.1) is 0 Å². The van der Waals surface area contributed by atoms with Crippen molar-refractivity contribution in [3.8, 4) is 0 Å². The third-order valence-electron chi connectivity index (χ3n) is 3.82. The highest BCUT2D eigenvalue weighted by Crippen LogP contribution is 2.22. The van der Waals surface area contributed by atoms with Gasteiger partial charge in [0.2, 0.25) is 0 Å². The first-order valence-corrected chi connectivity index (χ1v) is 7.71. The van der Waals surface area contributed by atoms with Gasteiger partial charge in [-0.25, -0.2) is 0 Å². The number of nitrogens with one attached hydrogen (secondary N) is 2. The third kappa shape index (κ3) is 3.99. The van der Waals surface area contributed by atoms with E-state index in [1.54, 1.807) is 0 Å². The molecule has 1 aliphatic rings. The van der Waals surface area contributed by atoms with E-state index in [2.05, 4.69) is 55.5 Å². The van der Waals surface area contributed by atoms with Gasteiger partial charge < -0.3 is 10.6 Å². The highest BCUT2D eigenvalue weighted by molar-refractivity contribution is 5.94. The standard InChI is InChI=1S/C17H27N3/c1-12(2)6-7-15-10-14(4)16(11-13(15)3)20-17-18-8-5-9-19-17/h10-12H,5-9H2,1-4H3,(H2,18,19,20). The zero-order chi connectivity index (χ0) is 14.5. The molecule has 110 valence electrons. The molecule has 0 unspecified atom stereocenters. The normalized spacial score (nSPS) is 14.9. The Kier molecular flexibility index (Phi) is 5.05. The van der Waals surface area contributed by atoms with Crippen LogP contribution in [0.4, 0.5) is 5.69 Å². The fourth-order valence-corrected chi connectivity index (χ4v) is 2.47. The molecular formula is C17H27N3. The molecule has 3 heteroatoms. The van der Waals surface area contributed by atoms with E-state index in [4.69, 9.17) is 0 Å². The van der Waals surface area contributed by atoms with E-state index in [-0.39, 0.29) is 0 Å². The van der Waals surface area contributed by atoms with Crippen LogP contribution in [-0.2, 0) is 6.42 Å². The number of guanidine groups is 1. The maximum Gasteiger partial charge on any atom is 0.195 e. The number of rotatable bonds is 4. The first kappa shape index (κ1) is 14.9. The van der Waals surface area contributed by atoms with Gasteiger partial charge in [-0.3, -0.25) is 4.99 Å². The van der Waals surface area contributed by atoms with E-state index in [9.17, 15) is 0 Å². The molecule has 0 amide bonds. The largest absolute Gasteiger partial charge is 0.356 e. The van der Waals surface area contributed by atoms with Gasteiger partial charge in [-0.05, 0) is 61.8 Å². The summed E-state index contributed by atoms with van der Waals surface area (Å²) in [5.74, 6) is 1.67. The predicted octanol–water partition coefficient (Wildman–Crippen LogP) is 3.65. The molecule has 0 fully saturated rings. The first-order chi connectivity index (χ1) is 9.56. The molecule has 1 heterocycles. The van der Waals surface area contributed by atoms with E-state index in [0.29, 0.717) is 0 Å². The van der Waals surface area contributed by atoms with Crippen molar-refractivity contribution in [2.45, 2.75) is 47.0 Å². The summed E-state index contributed by atoms with van der Waals surface area (Å²) in [7, 11) is 0. The Balaban J connectivity index is 2.11. The van der Waals surface area contributed by atoms with Crippen LogP contribution in [0.15, 0.2) is 17.1 Å². The Bertz CT molecular complexity index is 489. The molecule has 1 aromatic carbocycles. The number of aliphatic imine (C=N–C) groups is 1. The summed E-state index contributed by atoms with van der Waals surface area (Å²) in [5.41, 5.74) is 5.31. The van der Waals surface area contributed by atoms with E-state index in [1.165, 1.54) is 35.2 Å². The molecule has 20 heavy (non-hydrogen) atoms. The van der Waals surface area contributed by atoms with E-state index in [1.807, 2.05) is 0 Å². The lowest BCUT2D eigenvalue weighted by Gasteiger charge is -2.19. The molecule has 0 radical (unpaired) electrons. The number of anilines is 1. The van der Waals surface area contributed by atoms with Gasteiger partial charge in [-0.2, -0.15) is 0 Å². The molecule has 3 nitrogen and oxygen atoms in total. The maximum atomic E-state index is 4.47. The van der Waals surface area contributed by atoms with Crippen molar-refractivity contribution in [2.24, 2.45) is 10.9 Å². The molecule has 0 bridgehead atoms. The molecule has 0 aromatic heterocycles. The fourth-order valence-electron chi connectivity index (χ4n) is 2.47. The van der Waals surface area contributed by atoms with E-state index >= 15 is 0 Å². The molecule has 0 spiro atoms. The van der Waals surface area contributed by atoms with Crippen LogP contribution in [0.2, 0.25) is 0 Å².